The summed E-state index contributed by atoms with van der Waals surface area (Å²) in [6, 6.07) is 8.32. The zero-order valence-electron chi connectivity index (χ0n) is 13.2. The number of rotatable bonds is 5. The lowest BCUT2D eigenvalue weighted by molar-refractivity contribution is -0.147. The summed E-state index contributed by atoms with van der Waals surface area (Å²) in [5.74, 6) is -1.13. The molecule has 0 radical (unpaired) electrons. The van der Waals surface area contributed by atoms with Crippen molar-refractivity contribution in [2.75, 3.05) is 0 Å². The molecule has 0 aliphatic heterocycles. The molecule has 3 unspecified atom stereocenters. The number of aliphatic carboxylic acids is 1. The van der Waals surface area contributed by atoms with Gasteiger partial charge in [0.15, 0.2) is 0 Å². The molecule has 0 aromatic heterocycles. The number of fused-ring (bicyclic) bond motifs is 2. The third-order valence-corrected chi connectivity index (χ3v) is 5.41. The Morgan fingerprint density at radius 1 is 1.41 bits per heavy atom. The molecule has 1 spiro atoms. The third-order valence-electron chi connectivity index (χ3n) is 5.41. The van der Waals surface area contributed by atoms with Crippen molar-refractivity contribution in [2.45, 2.75) is 56.9 Å². The summed E-state index contributed by atoms with van der Waals surface area (Å²) < 4.78 is 0. The molecule has 3 atom stereocenters. The average Bonchev–Trinajstić information content (AvgIpc) is 3.10. The van der Waals surface area contributed by atoms with Crippen LogP contribution in [0.5, 0.6) is 0 Å². The molecule has 1 aromatic carbocycles. The monoisotopic (exact) mass is 301 g/mol. The second-order valence-corrected chi connectivity index (χ2v) is 6.95. The Balaban J connectivity index is 1.75. The standard InChI is InChI=1S/C18H23NO3/c1-3-9-17(2,16(21)22)19-15(20)14-11-18(14)10-8-12-6-4-5-7-13(12)18/h4-7,14H,3,8-11H2,1-2H3,(H,19,20)(H,21,22). The van der Waals surface area contributed by atoms with E-state index in [-0.39, 0.29) is 17.2 Å². The van der Waals surface area contributed by atoms with Gasteiger partial charge in [0.25, 0.3) is 0 Å². The molecule has 1 saturated carbocycles. The average molecular weight is 301 g/mol. The van der Waals surface area contributed by atoms with Crippen LogP contribution in [-0.4, -0.2) is 22.5 Å². The van der Waals surface area contributed by atoms with Crippen molar-refractivity contribution in [1.29, 1.82) is 0 Å². The van der Waals surface area contributed by atoms with Crippen LogP contribution in [-0.2, 0) is 21.4 Å². The number of hydrogen-bond acceptors (Lipinski definition) is 2. The molecule has 4 nitrogen and oxygen atoms in total. The van der Waals surface area contributed by atoms with Crippen LogP contribution in [0.15, 0.2) is 24.3 Å². The van der Waals surface area contributed by atoms with Crippen LogP contribution in [0.3, 0.4) is 0 Å². The number of carboxylic acids is 1. The highest BCUT2D eigenvalue weighted by Crippen LogP contribution is 2.61. The summed E-state index contributed by atoms with van der Waals surface area (Å²) in [7, 11) is 0. The van der Waals surface area contributed by atoms with Gasteiger partial charge in [0.2, 0.25) is 5.91 Å². The predicted octanol–water partition coefficient (Wildman–Crippen LogP) is 2.65. The molecule has 1 aromatic rings. The lowest BCUT2D eigenvalue weighted by Crippen LogP contribution is -2.53. The van der Waals surface area contributed by atoms with E-state index in [1.54, 1.807) is 6.92 Å². The molecule has 3 rings (SSSR count). The van der Waals surface area contributed by atoms with Gasteiger partial charge < -0.3 is 10.4 Å². The van der Waals surface area contributed by atoms with Crippen LogP contribution in [0.25, 0.3) is 0 Å². The topological polar surface area (TPSA) is 66.4 Å². The number of nitrogens with one attached hydrogen (secondary N) is 1. The van der Waals surface area contributed by atoms with Gasteiger partial charge in [-0.05, 0) is 43.7 Å². The van der Waals surface area contributed by atoms with Gasteiger partial charge in [-0.2, -0.15) is 0 Å². The van der Waals surface area contributed by atoms with Crippen LogP contribution < -0.4 is 5.32 Å². The van der Waals surface area contributed by atoms with Gasteiger partial charge >= 0.3 is 5.97 Å². The molecule has 2 aliphatic rings. The molecular weight excluding hydrogens is 278 g/mol. The van der Waals surface area contributed by atoms with Gasteiger partial charge in [0.1, 0.15) is 5.54 Å². The predicted molar refractivity (Wildman–Crippen MR) is 83.6 cm³/mol. The van der Waals surface area contributed by atoms with Crippen molar-refractivity contribution in [1.82, 2.24) is 5.32 Å². The van der Waals surface area contributed by atoms with E-state index in [2.05, 4.69) is 17.4 Å². The van der Waals surface area contributed by atoms with E-state index >= 15 is 0 Å². The molecule has 22 heavy (non-hydrogen) atoms. The fraction of sp³-hybridized carbons (Fsp3) is 0.556. The maximum absolute atomic E-state index is 12.6. The van der Waals surface area contributed by atoms with Gasteiger partial charge in [0.05, 0.1) is 0 Å². The van der Waals surface area contributed by atoms with Crippen LogP contribution in [0.1, 0.15) is 50.7 Å². The normalized spacial score (nSPS) is 28.0. The van der Waals surface area contributed by atoms with E-state index in [1.165, 1.54) is 11.1 Å². The first-order valence-corrected chi connectivity index (χ1v) is 8.07. The van der Waals surface area contributed by atoms with E-state index in [9.17, 15) is 14.7 Å². The smallest absolute Gasteiger partial charge is 0.329 e. The molecule has 1 amide bonds. The Morgan fingerprint density at radius 2 is 2.14 bits per heavy atom. The maximum Gasteiger partial charge on any atom is 0.329 e. The van der Waals surface area contributed by atoms with E-state index in [0.29, 0.717) is 6.42 Å². The fourth-order valence-corrected chi connectivity index (χ4v) is 4.02. The van der Waals surface area contributed by atoms with Crippen molar-refractivity contribution in [2.24, 2.45) is 5.92 Å². The molecule has 4 heteroatoms. The summed E-state index contributed by atoms with van der Waals surface area (Å²) in [6.07, 6.45) is 4.04. The number of carbonyl (C=O) groups is 2. The molecular formula is C18H23NO3. The number of amides is 1. The summed E-state index contributed by atoms with van der Waals surface area (Å²) in [5, 5.41) is 12.2. The Labute approximate surface area is 130 Å². The zero-order valence-corrected chi connectivity index (χ0v) is 13.2. The third kappa shape index (κ3) is 2.21. The lowest BCUT2D eigenvalue weighted by atomic mass is 9.93. The number of carboxylic acid groups (broad SMARTS) is 1. The largest absolute Gasteiger partial charge is 0.480 e. The summed E-state index contributed by atoms with van der Waals surface area (Å²) in [6.45, 7) is 3.54. The molecule has 0 heterocycles. The highest BCUT2D eigenvalue weighted by atomic mass is 16.4. The van der Waals surface area contributed by atoms with Crippen molar-refractivity contribution in [3.05, 3.63) is 35.4 Å². The van der Waals surface area contributed by atoms with E-state index < -0.39 is 11.5 Å². The highest BCUT2D eigenvalue weighted by molar-refractivity contribution is 5.90. The number of carbonyl (C=O) groups excluding carboxylic acids is 1. The van der Waals surface area contributed by atoms with Gasteiger partial charge in [-0.25, -0.2) is 4.79 Å². The SMILES string of the molecule is CCCC(C)(NC(=O)C1CC12CCc1ccccc12)C(=O)O. The maximum atomic E-state index is 12.6. The summed E-state index contributed by atoms with van der Waals surface area (Å²) >= 11 is 0. The van der Waals surface area contributed by atoms with Crippen LogP contribution in [0, 0.1) is 5.92 Å². The number of benzene rings is 1. The minimum absolute atomic E-state index is 0.0354. The van der Waals surface area contributed by atoms with Crippen molar-refractivity contribution in [3.8, 4) is 0 Å². The van der Waals surface area contributed by atoms with Crippen LogP contribution in [0.2, 0.25) is 0 Å². The molecule has 2 N–H and O–H groups in total. The van der Waals surface area contributed by atoms with Crippen molar-refractivity contribution < 1.29 is 14.7 Å². The van der Waals surface area contributed by atoms with Gasteiger partial charge in [-0.1, -0.05) is 37.6 Å². The van der Waals surface area contributed by atoms with Crippen LogP contribution >= 0.6 is 0 Å². The van der Waals surface area contributed by atoms with E-state index in [4.69, 9.17) is 0 Å². The highest BCUT2D eigenvalue weighted by Gasteiger charge is 2.61. The summed E-state index contributed by atoms with van der Waals surface area (Å²) in [5.41, 5.74) is 1.44. The first kappa shape index (κ1) is 15.1. The quantitative estimate of drug-likeness (QED) is 0.878. The van der Waals surface area contributed by atoms with E-state index in [1.807, 2.05) is 19.1 Å². The molecule has 0 saturated heterocycles. The molecule has 118 valence electrons. The van der Waals surface area contributed by atoms with E-state index in [0.717, 1.165) is 25.7 Å². The molecule has 0 bridgehead atoms. The van der Waals surface area contributed by atoms with Crippen molar-refractivity contribution >= 4 is 11.9 Å². The fourth-order valence-electron chi connectivity index (χ4n) is 4.02. The molecule has 1 fully saturated rings. The Morgan fingerprint density at radius 3 is 2.82 bits per heavy atom. The minimum Gasteiger partial charge on any atom is -0.480 e. The lowest BCUT2D eigenvalue weighted by Gasteiger charge is -2.26. The van der Waals surface area contributed by atoms with Gasteiger partial charge in [-0.3, -0.25) is 4.79 Å². The van der Waals surface area contributed by atoms with Gasteiger partial charge in [0, 0.05) is 11.3 Å². The van der Waals surface area contributed by atoms with Gasteiger partial charge in [-0.15, -0.1) is 0 Å². The zero-order chi connectivity index (χ0) is 16.0. The second kappa shape index (κ2) is 5.11. The Kier molecular flexibility index (Phi) is 3.50. The van der Waals surface area contributed by atoms with Crippen molar-refractivity contribution in [3.63, 3.8) is 0 Å². The number of hydrogen-bond donors (Lipinski definition) is 2. The second-order valence-electron chi connectivity index (χ2n) is 6.95. The molecule has 2 aliphatic carbocycles. The minimum atomic E-state index is -1.16. The Hall–Kier alpha value is -1.84. The first-order valence-electron chi connectivity index (χ1n) is 8.07. The summed E-state index contributed by atoms with van der Waals surface area (Å²) in [4.78, 5) is 24.1. The number of aryl methyl sites for hydroxylation is 1. The first-order chi connectivity index (χ1) is 10.4. The Bertz CT molecular complexity index is 627. The van der Waals surface area contributed by atoms with Crippen LogP contribution in [0.4, 0.5) is 0 Å².